The van der Waals surface area contributed by atoms with Gasteiger partial charge in [0.2, 0.25) is 11.8 Å². The van der Waals surface area contributed by atoms with Crippen molar-refractivity contribution in [2.45, 2.75) is 24.1 Å². The molecule has 0 N–H and O–H groups in total. The molecule has 0 unspecified atom stereocenters. The fourth-order valence-corrected chi connectivity index (χ4v) is 7.88. The summed E-state index contributed by atoms with van der Waals surface area (Å²) < 4.78 is 53.3. The first-order valence-electron chi connectivity index (χ1n) is 14.3. The number of benzene rings is 1. The van der Waals surface area contributed by atoms with Gasteiger partial charge in [-0.05, 0) is 43.1 Å². The predicted octanol–water partition coefficient (Wildman–Crippen LogP) is 3.77. The van der Waals surface area contributed by atoms with Crippen LogP contribution in [0.3, 0.4) is 0 Å². The third-order valence-electron chi connectivity index (χ3n) is 7.92. The summed E-state index contributed by atoms with van der Waals surface area (Å²) in [6.07, 6.45) is 1.64. The van der Waals surface area contributed by atoms with Crippen molar-refractivity contribution in [1.29, 1.82) is 0 Å². The first-order valence-corrected chi connectivity index (χ1v) is 16.8. The maximum absolute atomic E-state index is 14.7. The Morgan fingerprint density at radius 3 is 2.53 bits per heavy atom. The van der Waals surface area contributed by atoms with E-state index >= 15 is 0 Å². The number of ether oxygens (including phenoxy) is 2. The van der Waals surface area contributed by atoms with Gasteiger partial charge >= 0.3 is 0 Å². The Bertz CT molecular complexity index is 1730. The van der Waals surface area contributed by atoms with Crippen molar-refractivity contribution in [2.75, 3.05) is 71.5 Å². The van der Waals surface area contributed by atoms with Gasteiger partial charge in [0, 0.05) is 68.7 Å². The molecule has 2 fully saturated rings. The summed E-state index contributed by atoms with van der Waals surface area (Å²) in [5.74, 6) is -0.473. The van der Waals surface area contributed by atoms with Crippen LogP contribution in [-0.4, -0.2) is 99.8 Å². The van der Waals surface area contributed by atoms with E-state index in [1.165, 1.54) is 19.2 Å². The average Bonchev–Trinajstić information content (AvgIpc) is 3.40. The molecule has 228 valence electrons. The van der Waals surface area contributed by atoms with Gasteiger partial charge in [0.05, 0.1) is 42.0 Å². The van der Waals surface area contributed by atoms with Gasteiger partial charge in [-0.1, -0.05) is 6.07 Å². The molecule has 3 aromatic heterocycles. The SMILES string of the molecule is COc1ncc(-c2nc(N3CCOCC3)nc3c(CN4CCN(C)CC4)csc23)cc1CS(=O)(=O)c1ccc(C)cc1F. The zero-order chi connectivity index (χ0) is 30.1. The number of pyridine rings is 1. The van der Waals surface area contributed by atoms with E-state index in [2.05, 4.69) is 32.1 Å². The predicted molar refractivity (Wildman–Crippen MR) is 165 cm³/mol. The molecule has 43 heavy (non-hydrogen) atoms. The second-order valence-corrected chi connectivity index (χ2v) is 13.9. The lowest BCUT2D eigenvalue weighted by Gasteiger charge is -2.32. The highest BCUT2D eigenvalue weighted by atomic mass is 32.2. The second-order valence-electron chi connectivity index (χ2n) is 11.1. The van der Waals surface area contributed by atoms with Crippen molar-refractivity contribution in [3.05, 3.63) is 58.3 Å². The molecule has 0 bridgehead atoms. The van der Waals surface area contributed by atoms with Crippen LogP contribution < -0.4 is 9.64 Å². The van der Waals surface area contributed by atoms with Gasteiger partial charge < -0.3 is 19.3 Å². The molecular weight excluding hydrogens is 592 g/mol. The number of hydrogen-bond donors (Lipinski definition) is 0. The number of nitrogens with zero attached hydrogens (tertiary/aromatic N) is 6. The first-order chi connectivity index (χ1) is 20.7. The van der Waals surface area contributed by atoms with Crippen LogP contribution in [0.25, 0.3) is 21.5 Å². The number of likely N-dealkylation sites (N-methyl/N-ethyl adjacent to an activating group) is 1. The van der Waals surface area contributed by atoms with Crippen molar-refractivity contribution in [1.82, 2.24) is 24.8 Å². The zero-order valence-electron chi connectivity index (χ0n) is 24.5. The number of aromatic nitrogens is 3. The number of aryl methyl sites for hydroxylation is 1. The molecule has 0 radical (unpaired) electrons. The molecule has 0 aliphatic carbocycles. The Kier molecular flexibility index (Phi) is 8.60. The number of methoxy groups -OCH3 is 1. The van der Waals surface area contributed by atoms with E-state index in [1.54, 1.807) is 36.6 Å². The number of fused-ring (bicyclic) bond motifs is 1. The zero-order valence-corrected chi connectivity index (χ0v) is 26.2. The van der Waals surface area contributed by atoms with Gasteiger partial charge in [0.1, 0.15) is 10.7 Å². The number of morpholine rings is 1. The Labute approximate surface area is 255 Å². The van der Waals surface area contributed by atoms with Crippen LogP contribution in [0.2, 0.25) is 0 Å². The smallest absolute Gasteiger partial charge is 0.226 e. The number of hydrogen-bond acceptors (Lipinski definition) is 11. The second kappa shape index (κ2) is 12.4. The van der Waals surface area contributed by atoms with Crippen LogP contribution >= 0.6 is 11.3 Å². The monoisotopic (exact) mass is 626 g/mol. The maximum Gasteiger partial charge on any atom is 0.226 e. The fourth-order valence-electron chi connectivity index (χ4n) is 5.47. The van der Waals surface area contributed by atoms with Gasteiger partial charge in [0.25, 0.3) is 0 Å². The first kappa shape index (κ1) is 29.8. The Hall–Kier alpha value is -3.23. The quantitative estimate of drug-likeness (QED) is 0.287. The van der Waals surface area contributed by atoms with Crippen LogP contribution in [0.5, 0.6) is 5.88 Å². The number of sulfone groups is 1. The van der Waals surface area contributed by atoms with E-state index in [9.17, 15) is 12.8 Å². The normalized spacial score (nSPS) is 17.1. The van der Waals surface area contributed by atoms with E-state index in [0.29, 0.717) is 54.6 Å². The molecule has 6 rings (SSSR count). The van der Waals surface area contributed by atoms with Crippen molar-refractivity contribution in [3.8, 4) is 17.1 Å². The summed E-state index contributed by atoms with van der Waals surface area (Å²) in [6, 6.07) is 5.85. The van der Waals surface area contributed by atoms with Crippen LogP contribution in [0.4, 0.5) is 10.3 Å². The minimum absolute atomic E-state index is 0.167. The minimum Gasteiger partial charge on any atom is -0.481 e. The third kappa shape index (κ3) is 6.36. The molecule has 13 heteroatoms. The average molecular weight is 627 g/mol. The number of rotatable bonds is 8. The highest BCUT2D eigenvalue weighted by molar-refractivity contribution is 7.90. The van der Waals surface area contributed by atoms with Crippen LogP contribution in [0.1, 0.15) is 16.7 Å². The van der Waals surface area contributed by atoms with Crippen molar-refractivity contribution < 1.29 is 22.3 Å². The molecule has 0 saturated carbocycles. The largest absolute Gasteiger partial charge is 0.481 e. The fraction of sp³-hybridized carbons (Fsp3) is 0.433. The van der Waals surface area contributed by atoms with E-state index in [1.807, 2.05) is 0 Å². The number of anilines is 1. The lowest BCUT2D eigenvalue weighted by molar-refractivity contribution is 0.122. The van der Waals surface area contributed by atoms with Crippen molar-refractivity contribution in [3.63, 3.8) is 0 Å². The van der Waals surface area contributed by atoms with Gasteiger partial charge in [-0.25, -0.2) is 27.8 Å². The number of piperazine rings is 1. The molecule has 2 aliphatic rings. The van der Waals surface area contributed by atoms with E-state index < -0.39 is 21.4 Å². The highest BCUT2D eigenvalue weighted by Crippen LogP contribution is 2.37. The Balaban J connectivity index is 1.42. The van der Waals surface area contributed by atoms with E-state index in [4.69, 9.17) is 19.4 Å². The molecule has 0 amide bonds. The maximum atomic E-state index is 14.7. The summed E-state index contributed by atoms with van der Waals surface area (Å²) in [4.78, 5) is 21.1. The highest BCUT2D eigenvalue weighted by Gasteiger charge is 2.26. The summed E-state index contributed by atoms with van der Waals surface area (Å²) in [5, 5.41) is 2.15. The summed E-state index contributed by atoms with van der Waals surface area (Å²) in [6.45, 7) is 9.07. The van der Waals surface area contributed by atoms with Gasteiger partial charge in [0.15, 0.2) is 9.84 Å². The Morgan fingerprint density at radius 2 is 1.81 bits per heavy atom. The van der Waals surface area contributed by atoms with Gasteiger partial charge in [-0.15, -0.1) is 11.3 Å². The summed E-state index contributed by atoms with van der Waals surface area (Å²) in [5.41, 5.74) is 4.32. The molecule has 5 heterocycles. The molecular formula is C30H35FN6O4S2. The molecule has 1 aromatic carbocycles. The number of halogens is 1. The minimum atomic E-state index is -4.03. The topological polar surface area (TPSA) is 101 Å². The van der Waals surface area contributed by atoms with E-state index in [0.717, 1.165) is 48.5 Å². The van der Waals surface area contributed by atoms with Gasteiger partial charge in [-0.3, -0.25) is 4.90 Å². The van der Waals surface area contributed by atoms with Crippen LogP contribution in [0, 0.1) is 12.7 Å². The number of thiophene rings is 1. The third-order valence-corrected chi connectivity index (χ3v) is 10.6. The van der Waals surface area contributed by atoms with Crippen molar-refractivity contribution in [2.24, 2.45) is 0 Å². The lowest BCUT2D eigenvalue weighted by Crippen LogP contribution is -2.43. The van der Waals surface area contributed by atoms with Gasteiger partial charge in [-0.2, -0.15) is 0 Å². The van der Waals surface area contributed by atoms with Crippen LogP contribution in [-0.2, 0) is 26.9 Å². The summed E-state index contributed by atoms with van der Waals surface area (Å²) in [7, 11) is -0.450. The molecule has 2 aliphatic heterocycles. The van der Waals surface area contributed by atoms with Crippen LogP contribution in [0.15, 0.2) is 40.7 Å². The van der Waals surface area contributed by atoms with Crippen molar-refractivity contribution >= 4 is 37.3 Å². The molecule has 0 atom stereocenters. The standard InChI is InChI=1S/C30H35FN6O4S2/c1-20-4-5-25(24(31)14-20)43(38,39)19-22-15-21(16-32-29(22)40-3)26-28-27(34-30(33-26)37-10-12-41-13-11-37)23(18-42-28)17-36-8-6-35(2)7-9-36/h4-5,14-16,18H,6-13,17,19H2,1-3H3. The molecule has 10 nitrogen and oxygen atoms in total. The lowest BCUT2D eigenvalue weighted by atomic mass is 10.1. The Morgan fingerprint density at radius 1 is 1.05 bits per heavy atom. The van der Waals surface area contributed by atoms with E-state index in [-0.39, 0.29) is 10.8 Å². The molecule has 0 spiro atoms. The summed E-state index contributed by atoms with van der Waals surface area (Å²) >= 11 is 1.58. The molecule has 2 saturated heterocycles. The molecule has 4 aromatic rings.